The van der Waals surface area contributed by atoms with E-state index in [1.165, 1.54) is 104 Å². The first-order valence-corrected chi connectivity index (χ1v) is 20.9. The molecule has 1 aliphatic rings. The Hall–Kier alpha value is -7.74. The predicted molar refractivity (Wildman–Crippen MR) is 254 cm³/mol. The van der Waals surface area contributed by atoms with Gasteiger partial charge in [0.25, 0.3) is 0 Å². The number of benzene rings is 11. The molecule has 0 atom stereocenters. The van der Waals surface area contributed by atoms with Crippen LogP contribution in [0.2, 0.25) is 0 Å². The Balaban J connectivity index is 0.983. The number of rotatable bonds is 4. The Kier molecular flexibility index (Phi) is 7.14. The number of fused-ring (bicyclic) bond motifs is 10. The molecule has 1 aliphatic carbocycles. The minimum Gasteiger partial charge on any atom is -0.456 e. The number of hydrogen-bond acceptors (Lipinski definition) is 1. The molecule has 0 saturated heterocycles. The topological polar surface area (TPSA) is 13.1 Å². The van der Waals surface area contributed by atoms with Crippen LogP contribution in [0.3, 0.4) is 0 Å². The van der Waals surface area contributed by atoms with Crippen LogP contribution in [-0.4, -0.2) is 0 Å². The highest BCUT2D eigenvalue weighted by atomic mass is 16.3. The van der Waals surface area contributed by atoms with E-state index in [0.29, 0.717) is 0 Å². The smallest absolute Gasteiger partial charge is 0.136 e. The summed E-state index contributed by atoms with van der Waals surface area (Å²) in [4.78, 5) is 0. The van der Waals surface area contributed by atoms with Crippen LogP contribution in [0.4, 0.5) is 0 Å². The quantitative estimate of drug-likeness (QED) is 0.163. The molecule has 0 N–H and O–H groups in total. The molecule has 1 aromatic heterocycles. The first-order chi connectivity index (χ1) is 29.8. The third-order valence-corrected chi connectivity index (χ3v) is 13.1. The second-order valence-electron chi connectivity index (χ2n) is 16.3. The fourth-order valence-electron chi connectivity index (χ4n) is 10.5. The van der Waals surface area contributed by atoms with Gasteiger partial charge in [0, 0.05) is 10.8 Å². The van der Waals surface area contributed by atoms with E-state index in [2.05, 4.69) is 206 Å². The summed E-state index contributed by atoms with van der Waals surface area (Å²) >= 11 is 0. The van der Waals surface area contributed by atoms with E-state index in [1.54, 1.807) is 0 Å². The average molecular weight is 761 g/mol. The zero-order valence-electron chi connectivity index (χ0n) is 32.7. The fourth-order valence-corrected chi connectivity index (χ4v) is 10.5. The van der Waals surface area contributed by atoms with Crippen LogP contribution in [0.5, 0.6) is 0 Å². The van der Waals surface area contributed by atoms with Gasteiger partial charge in [0.05, 0.1) is 0 Å². The summed E-state index contributed by atoms with van der Waals surface area (Å²) in [7, 11) is 0. The van der Waals surface area contributed by atoms with Crippen molar-refractivity contribution < 1.29 is 4.42 Å². The van der Waals surface area contributed by atoms with E-state index in [-0.39, 0.29) is 0 Å². The van der Waals surface area contributed by atoms with Crippen LogP contribution >= 0.6 is 0 Å². The van der Waals surface area contributed by atoms with Gasteiger partial charge in [-0.3, -0.25) is 0 Å². The van der Waals surface area contributed by atoms with Gasteiger partial charge < -0.3 is 4.42 Å². The van der Waals surface area contributed by atoms with E-state index < -0.39 is 0 Å². The molecule has 1 heteroatoms. The largest absolute Gasteiger partial charge is 0.456 e. The van der Waals surface area contributed by atoms with Gasteiger partial charge in [0.1, 0.15) is 11.2 Å². The van der Waals surface area contributed by atoms with Crippen molar-refractivity contribution in [2.24, 2.45) is 0 Å². The molecule has 0 bridgehead atoms. The van der Waals surface area contributed by atoms with E-state index >= 15 is 0 Å². The maximum Gasteiger partial charge on any atom is 0.136 e. The molecule has 60 heavy (non-hydrogen) atoms. The Labute approximate surface area is 347 Å². The second kappa shape index (κ2) is 12.9. The molecule has 13 rings (SSSR count). The number of furan rings is 1. The Morgan fingerprint density at radius 1 is 0.250 bits per heavy atom. The van der Waals surface area contributed by atoms with Gasteiger partial charge in [-0.1, -0.05) is 182 Å². The summed E-state index contributed by atoms with van der Waals surface area (Å²) < 4.78 is 6.73. The van der Waals surface area contributed by atoms with Crippen LogP contribution in [0.1, 0.15) is 11.1 Å². The average Bonchev–Trinajstić information content (AvgIpc) is 3.87. The zero-order valence-corrected chi connectivity index (χ0v) is 32.7. The first-order valence-electron chi connectivity index (χ1n) is 20.9. The zero-order chi connectivity index (χ0) is 39.3. The Morgan fingerprint density at radius 3 is 1.27 bits per heavy atom. The standard InChI is InChI=1S/C59H36O/c1-2-14-36(15-3-1)56-45-18-6-8-20-47(45)59(48-21-9-7-19-46(48)56)40-27-30-44-53-34-39(28-31-54(53)60-55(44)35-40)58-51-24-12-10-22-49(51)57(50-23-11-13-25-52(50)58)38-26-29-43-41(33-38)32-37-16-4-5-17-42(37)43/h1-31,33-35H,32H2. The van der Waals surface area contributed by atoms with Crippen molar-refractivity contribution in [3.8, 4) is 55.6 Å². The molecule has 1 heterocycles. The minimum atomic E-state index is 0.892. The highest BCUT2D eigenvalue weighted by molar-refractivity contribution is 6.24. The van der Waals surface area contributed by atoms with Crippen molar-refractivity contribution in [1.82, 2.24) is 0 Å². The van der Waals surface area contributed by atoms with Gasteiger partial charge in [-0.25, -0.2) is 0 Å². The summed E-state index contributed by atoms with van der Waals surface area (Å²) in [5, 5.41) is 12.2. The van der Waals surface area contributed by atoms with Crippen LogP contribution in [-0.2, 0) is 6.42 Å². The Bertz CT molecular complexity index is 3620. The lowest BCUT2D eigenvalue weighted by atomic mass is 9.85. The fraction of sp³-hybridized carbons (Fsp3) is 0.0169. The van der Waals surface area contributed by atoms with Gasteiger partial charge in [-0.2, -0.15) is 0 Å². The third kappa shape index (κ3) is 4.87. The lowest BCUT2D eigenvalue weighted by molar-refractivity contribution is 0.669. The third-order valence-electron chi connectivity index (χ3n) is 13.1. The van der Waals surface area contributed by atoms with Crippen molar-refractivity contribution in [3.63, 3.8) is 0 Å². The van der Waals surface area contributed by atoms with Crippen LogP contribution in [0.25, 0.3) is 121 Å². The summed E-state index contributed by atoms with van der Waals surface area (Å²) in [6, 6.07) is 75.8. The molecular formula is C59H36O. The van der Waals surface area contributed by atoms with E-state index in [9.17, 15) is 0 Å². The van der Waals surface area contributed by atoms with Gasteiger partial charge in [-0.05, 0) is 141 Å². The summed E-state index contributed by atoms with van der Waals surface area (Å²) in [5.74, 6) is 0. The summed E-state index contributed by atoms with van der Waals surface area (Å²) in [6.45, 7) is 0. The van der Waals surface area contributed by atoms with Crippen LogP contribution in [0.15, 0.2) is 211 Å². The van der Waals surface area contributed by atoms with Crippen molar-refractivity contribution in [1.29, 1.82) is 0 Å². The monoisotopic (exact) mass is 760 g/mol. The van der Waals surface area contributed by atoms with Gasteiger partial charge in [-0.15, -0.1) is 0 Å². The molecule has 0 unspecified atom stereocenters. The van der Waals surface area contributed by atoms with E-state index in [1.807, 2.05) is 0 Å². The molecular weight excluding hydrogens is 725 g/mol. The Morgan fingerprint density at radius 2 is 0.683 bits per heavy atom. The van der Waals surface area contributed by atoms with Crippen LogP contribution < -0.4 is 0 Å². The normalized spacial score (nSPS) is 12.3. The molecule has 0 fully saturated rings. The first kappa shape index (κ1) is 33.3. The molecule has 0 aliphatic heterocycles. The SMILES string of the molecule is c1ccc(-c2c3ccccc3c(-c3ccc4c(c3)oc3ccc(-c5c6ccccc6c(-c6ccc7c(c6)Cc6ccccc6-7)c6ccccc56)cc34)c3ccccc23)cc1. The van der Waals surface area contributed by atoms with Gasteiger partial charge >= 0.3 is 0 Å². The maximum atomic E-state index is 6.73. The molecule has 0 radical (unpaired) electrons. The number of hydrogen-bond donors (Lipinski definition) is 0. The van der Waals surface area contributed by atoms with Gasteiger partial charge in [0.15, 0.2) is 0 Å². The maximum absolute atomic E-state index is 6.73. The molecule has 278 valence electrons. The van der Waals surface area contributed by atoms with Crippen LogP contribution in [0, 0.1) is 0 Å². The lowest BCUT2D eigenvalue weighted by Crippen LogP contribution is -1.91. The van der Waals surface area contributed by atoms with Crippen molar-refractivity contribution >= 4 is 65.0 Å². The molecule has 1 nitrogen and oxygen atoms in total. The highest BCUT2D eigenvalue weighted by Gasteiger charge is 2.23. The molecule has 0 amide bonds. The molecule has 11 aromatic carbocycles. The minimum absolute atomic E-state index is 0.892. The molecule has 12 aromatic rings. The lowest BCUT2D eigenvalue weighted by Gasteiger charge is -2.18. The summed E-state index contributed by atoms with van der Waals surface area (Å²) in [6.07, 6.45) is 0.973. The van der Waals surface area contributed by atoms with Crippen molar-refractivity contribution in [2.45, 2.75) is 6.42 Å². The van der Waals surface area contributed by atoms with E-state index in [4.69, 9.17) is 4.42 Å². The molecule has 0 spiro atoms. The summed E-state index contributed by atoms with van der Waals surface area (Å²) in [5.41, 5.74) is 17.2. The molecule has 0 saturated carbocycles. The van der Waals surface area contributed by atoms with Crippen molar-refractivity contribution in [2.75, 3.05) is 0 Å². The van der Waals surface area contributed by atoms with Gasteiger partial charge in [0.2, 0.25) is 0 Å². The second-order valence-corrected chi connectivity index (χ2v) is 16.3. The predicted octanol–water partition coefficient (Wildman–Crippen LogP) is 16.4. The highest BCUT2D eigenvalue weighted by Crippen LogP contribution is 2.48. The van der Waals surface area contributed by atoms with Crippen molar-refractivity contribution in [3.05, 3.63) is 217 Å². The van der Waals surface area contributed by atoms with E-state index in [0.717, 1.165) is 33.9 Å².